The van der Waals surface area contributed by atoms with E-state index in [2.05, 4.69) is 5.32 Å². The van der Waals surface area contributed by atoms with Crippen molar-refractivity contribution in [2.75, 3.05) is 13.6 Å². The first-order valence-corrected chi connectivity index (χ1v) is 13.8. The molecule has 1 N–H and O–H groups in total. The van der Waals surface area contributed by atoms with Gasteiger partial charge in [0.15, 0.2) is 0 Å². The Morgan fingerprint density at radius 2 is 1.66 bits per heavy atom. The van der Waals surface area contributed by atoms with Gasteiger partial charge in [0.05, 0.1) is 11.4 Å². The Labute approximate surface area is 217 Å². The van der Waals surface area contributed by atoms with E-state index in [4.69, 9.17) is 23.2 Å². The number of benzene rings is 2. The van der Waals surface area contributed by atoms with Gasteiger partial charge in [-0.1, -0.05) is 60.7 Å². The molecule has 1 atom stereocenters. The van der Waals surface area contributed by atoms with E-state index in [-0.39, 0.29) is 23.4 Å². The van der Waals surface area contributed by atoms with Crippen molar-refractivity contribution in [3.05, 3.63) is 64.1 Å². The first kappa shape index (κ1) is 27.5. The summed E-state index contributed by atoms with van der Waals surface area (Å²) in [5.41, 5.74) is 0.669. The molecule has 0 saturated heterocycles. The molecular formula is C25H31Cl2N3O4S. The summed E-state index contributed by atoms with van der Waals surface area (Å²) in [6.07, 6.45) is 5.12. The van der Waals surface area contributed by atoms with Crippen LogP contribution in [0.2, 0.25) is 10.0 Å². The Morgan fingerprint density at radius 3 is 2.29 bits per heavy atom. The maximum absolute atomic E-state index is 13.4. The summed E-state index contributed by atoms with van der Waals surface area (Å²) in [6.45, 7) is 1.30. The fourth-order valence-electron chi connectivity index (χ4n) is 4.11. The van der Waals surface area contributed by atoms with E-state index in [1.807, 2.05) is 0 Å². The van der Waals surface area contributed by atoms with Crippen molar-refractivity contribution in [1.29, 1.82) is 0 Å². The van der Waals surface area contributed by atoms with Gasteiger partial charge in [0.2, 0.25) is 21.8 Å². The first-order valence-electron chi connectivity index (χ1n) is 11.6. The van der Waals surface area contributed by atoms with Gasteiger partial charge in [-0.2, -0.15) is 4.31 Å². The zero-order valence-corrected chi connectivity index (χ0v) is 22.2. The standard InChI is InChI=1S/C25H31Cl2N3O4S/c1-18(25(32)28-21-9-4-3-5-10-21)30(16-19-8-6-7-11-23(19)27)24(31)17-29(2)35(33,34)22-14-12-20(26)13-15-22/h6-8,11-15,18,21H,3-5,9-10,16-17H2,1-2H3,(H,28,32)/t18-/m1/s1. The third-order valence-corrected chi connectivity index (χ3v) is 8.74. The Hall–Kier alpha value is -2.13. The highest BCUT2D eigenvalue weighted by Gasteiger charge is 2.31. The van der Waals surface area contributed by atoms with Crippen LogP contribution in [0.1, 0.15) is 44.6 Å². The first-order chi connectivity index (χ1) is 16.6. The van der Waals surface area contributed by atoms with E-state index in [0.717, 1.165) is 36.4 Å². The highest BCUT2D eigenvalue weighted by atomic mass is 35.5. The van der Waals surface area contributed by atoms with Gasteiger partial charge in [-0.25, -0.2) is 8.42 Å². The van der Waals surface area contributed by atoms with Gasteiger partial charge in [0.25, 0.3) is 0 Å². The summed E-state index contributed by atoms with van der Waals surface area (Å²) in [4.78, 5) is 27.9. The van der Waals surface area contributed by atoms with E-state index < -0.39 is 28.5 Å². The maximum atomic E-state index is 13.4. The predicted molar refractivity (Wildman–Crippen MR) is 138 cm³/mol. The number of likely N-dealkylation sites (N-methyl/N-ethyl adjacent to an activating group) is 1. The highest BCUT2D eigenvalue weighted by molar-refractivity contribution is 7.89. The van der Waals surface area contributed by atoms with Crippen LogP contribution in [0.15, 0.2) is 53.4 Å². The third kappa shape index (κ3) is 7.19. The van der Waals surface area contributed by atoms with Crippen LogP contribution < -0.4 is 5.32 Å². The molecule has 2 amide bonds. The number of nitrogens with one attached hydrogen (secondary N) is 1. The number of halogens is 2. The van der Waals surface area contributed by atoms with Crippen LogP contribution in [0.5, 0.6) is 0 Å². The lowest BCUT2D eigenvalue weighted by Gasteiger charge is -2.32. The van der Waals surface area contributed by atoms with Crippen molar-refractivity contribution >= 4 is 45.0 Å². The van der Waals surface area contributed by atoms with E-state index in [1.165, 1.54) is 36.2 Å². The van der Waals surface area contributed by atoms with Crippen LogP contribution in [-0.2, 0) is 26.2 Å². The second-order valence-electron chi connectivity index (χ2n) is 8.85. The van der Waals surface area contributed by atoms with Crippen LogP contribution in [0.4, 0.5) is 0 Å². The van der Waals surface area contributed by atoms with Crippen molar-refractivity contribution < 1.29 is 18.0 Å². The number of amides is 2. The third-order valence-electron chi connectivity index (χ3n) is 6.30. The van der Waals surface area contributed by atoms with Crippen LogP contribution in [0.3, 0.4) is 0 Å². The number of sulfonamides is 1. The van der Waals surface area contributed by atoms with E-state index >= 15 is 0 Å². The molecule has 2 aromatic rings. The largest absolute Gasteiger partial charge is 0.352 e. The smallest absolute Gasteiger partial charge is 0.243 e. The van der Waals surface area contributed by atoms with Crippen molar-refractivity contribution in [1.82, 2.24) is 14.5 Å². The molecule has 0 bridgehead atoms. The average molecular weight is 541 g/mol. The fourth-order valence-corrected chi connectivity index (χ4v) is 5.56. The summed E-state index contributed by atoms with van der Waals surface area (Å²) >= 11 is 12.2. The molecule has 190 valence electrons. The predicted octanol–water partition coefficient (Wildman–Crippen LogP) is 4.48. The number of carbonyl (C=O) groups excluding carboxylic acids is 2. The molecule has 35 heavy (non-hydrogen) atoms. The average Bonchev–Trinajstić information content (AvgIpc) is 2.84. The van der Waals surface area contributed by atoms with Gasteiger partial charge in [-0.3, -0.25) is 9.59 Å². The number of rotatable bonds is 9. The number of nitrogens with zero attached hydrogens (tertiary/aromatic N) is 2. The molecule has 1 aliphatic carbocycles. The van der Waals surface area contributed by atoms with E-state index in [1.54, 1.807) is 31.2 Å². The Morgan fingerprint density at radius 1 is 1.03 bits per heavy atom. The second kappa shape index (κ2) is 12.2. The number of carbonyl (C=O) groups is 2. The van der Waals surface area contributed by atoms with Crippen molar-refractivity contribution in [3.63, 3.8) is 0 Å². The molecule has 1 fully saturated rings. The maximum Gasteiger partial charge on any atom is 0.243 e. The van der Waals surface area contributed by atoms with Gasteiger partial charge < -0.3 is 10.2 Å². The molecule has 0 radical (unpaired) electrons. The minimum Gasteiger partial charge on any atom is -0.352 e. The van der Waals surface area contributed by atoms with Gasteiger partial charge in [0, 0.05) is 29.7 Å². The molecule has 0 heterocycles. The van der Waals surface area contributed by atoms with Crippen LogP contribution in [0.25, 0.3) is 0 Å². The lowest BCUT2D eigenvalue weighted by Crippen LogP contribution is -2.52. The summed E-state index contributed by atoms with van der Waals surface area (Å²) < 4.78 is 27.0. The number of hydrogen-bond donors (Lipinski definition) is 1. The van der Waals surface area contributed by atoms with Crippen LogP contribution in [0, 0.1) is 0 Å². The second-order valence-corrected chi connectivity index (χ2v) is 11.7. The van der Waals surface area contributed by atoms with Crippen LogP contribution >= 0.6 is 23.2 Å². The summed E-state index contributed by atoms with van der Waals surface area (Å²) in [7, 11) is -2.60. The monoisotopic (exact) mass is 539 g/mol. The lowest BCUT2D eigenvalue weighted by molar-refractivity contribution is -0.141. The minimum atomic E-state index is -3.93. The quantitative estimate of drug-likeness (QED) is 0.508. The fraction of sp³-hybridized carbons (Fsp3) is 0.440. The molecule has 0 unspecified atom stereocenters. The minimum absolute atomic E-state index is 0.0259. The van der Waals surface area contributed by atoms with Crippen LogP contribution in [-0.4, -0.2) is 55.1 Å². The van der Waals surface area contributed by atoms with Crippen molar-refractivity contribution in [2.24, 2.45) is 0 Å². The lowest BCUT2D eigenvalue weighted by atomic mass is 9.95. The topological polar surface area (TPSA) is 86.8 Å². The van der Waals surface area contributed by atoms with Gasteiger partial charge in [-0.05, 0) is 55.7 Å². The SMILES string of the molecule is C[C@H](C(=O)NC1CCCCC1)N(Cc1ccccc1Cl)C(=O)CN(C)S(=O)(=O)c1ccc(Cl)cc1. The molecule has 0 aliphatic heterocycles. The summed E-state index contributed by atoms with van der Waals surface area (Å²) in [6, 6.07) is 12.1. The Balaban J connectivity index is 1.80. The van der Waals surface area contributed by atoms with Gasteiger partial charge >= 0.3 is 0 Å². The highest BCUT2D eigenvalue weighted by Crippen LogP contribution is 2.22. The van der Waals surface area contributed by atoms with Crippen molar-refractivity contribution in [2.45, 2.75) is 62.6 Å². The molecule has 7 nitrogen and oxygen atoms in total. The molecule has 1 aliphatic rings. The molecule has 3 rings (SSSR count). The van der Waals surface area contributed by atoms with Gasteiger partial charge in [-0.15, -0.1) is 0 Å². The Bertz CT molecular complexity index is 1140. The molecule has 2 aromatic carbocycles. The molecular weight excluding hydrogens is 509 g/mol. The van der Waals surface area contributed by atoms with E-state index in [9.17, 15) is 18.0 Å². The Kier molecular flexibility index (Phi) is 9.58. The normalized spacial score (nSPS) is 15.6. The molecule has 0 aromatic heterocycles. The zero-order chi connectivity index (χ0) is 25.6. The zero-order valence-electron chi connectivity index (χ0n) is 19.9. The molecule has 0 spiro atoms. The van der Waals surface area contributed by atoms with E-state index in [0.29, 0.717) is 15.6 Å². The molecule has 10 heteroatoms. The van der Waals surface area contributed by atoms with Crippen molar-refractivity contribution in [3.8, 4) is 0 Å². The van der Waals surface area contributed by atoms with Gasteiger partial charge in [0.1, 0.15) is 6.04 Å². The molecule has 1 saturated carbocycles. The summed E-state index contributed by atoms with van der Waals surface area (Å²) in [5, 5.41) is 3.93. The summed E-state index contributed by atoms with van der Waals surface area (Å²) in [5.74, 6) is -0.767. The number of hydrogen-bond acceptors (Lipinski definition) is 4.